The van der Waals surface area contributed by atoms with Crippen molar-refractivity contribution >= 4 is 11.5 Å². The lowest BCUT2D eigenvalue weighted by Crippen LogP contribution is -2.36. The number of ether oxygens (including phenoxy) is 1. The largest absolute Gasteiger partial charge is 0.511 e. The Morgan fingerprint density at radius 2 is 2.03 bits per heavy atom. The molecule has 0 amide bonds. The number of hydrogen-bond acceptors (Lipinski definition) is 6. The number of hydrogen-bond donors (Lipinski definition) is 3. The second-order valence-electron chi connectivity index (χ2n) is 8.99. The number of aliphatic hydroxyl groups is 1. The summed E-state index contributed by atoms with van der Waals surface area (Å²) in [6.45, 7) is 9.63. The molecule has 0 bridgehead atoms. The maximum Gasteiger partial charge on any atom is 0.129 e. The standard InChI is InChI=1S/C27H40N4O2/c1-21(33-3)20-31(19-16-26(22(2)32)29-24-11-5-4-6-12-24)18-8-7-13-25-15-14-23-10-9-17-28-27(23)30-25/h4-6,11-12,14-15,21,26,29,32H,2,7-10,13,16-20H2,1,3H3,(H,28,30)/t21-,26?/m1/s1. The van der Waals surface area contributed by atoms with Gasteiger partial charge in [-0.15, -0.1) is 0 Å². The average molecular weight is 453 g/mol. The first-order chi connectivity index (χ1) is 16.0. The molecule has 33 heavy (non-hydrogen) atoms. The first kappa shape index (κ1) is 25.1. The molecule has 0 saturated carbocycles. The van der Waals surface area contributed by atoms with Crippen LogP contribution >= 0.6 is 0 Å². The van der Waals surface area contributed by atoms with E-state index in [4.69, 9.17) is 9.72 Å². The summed E-state index contributed by atoms with van der Waals surface area (Å²) >= 11 is 0. The number of nitrogens with zero attached hydrogens (tertiary/aromatic N) is 2. The van der Waals surface area contributed by atoms with Gasteiger partial charge in [-0.05, 0) is 75.8 Å². The predicted octanol–water partition coefficient (Wildman–Crippen LogP) is 5.04. The van der Waals surface area contributed by atoms with Gasteiger partial charge in [0.15, 0.2) is 0 Å². The van der Waals surface area contributed by atoms with Crippen LogP contribution in [-0.4, -0.2) is 60.4 Å². The van der Waals surface area contributed by atoms with Gasteiger partial charge in [-0.2, -0.15) is 0 Å². The van der Waals surface area contributed by atoms with E-state index < -0.39 is 0 Å². The minimum atomic E-state index is -0.181. The lowest BCUT2D eigenvalue weighted by atomic mass is 10.1. The normalized spacial score (nSPS) is 14.9. The van der Waals surface area contributed by atoms with Crippen molar-refractivity contribution in [2.75, 3.05) is 43.9 Å². The van der Waals surface area contributed by atoms with Gasteiger partial charge in [-0.3, -0.25) is 0 Å². The Bertz CT molecular complexity index is 858. The minimum absolute atomic E-state index is 0.163. The molecule has 2 atom stereocenters. The van der Waals surface area contributed by atoms with Gasteiger partial charge in [0.1, 0.15) is 11.6 Å². The summed E-state index contributed by atoms with van der Waals surface area (Å²) in [5.41, 5.74) is 3.50. The van der Waals surface area contributed by atoms with E-state index in [0.717, 1.165) is 69.8 Å². The molecule has 1 aromatic carbocycles. The van der Waals surface area contributed by atoms with Gasteiger partial charge in [0.05, 0.1) is 12.1 Å². The zero-order valence-electron chi connectivity index (χ0n) is 20.2. The van der Waals surface area contributed by atoms with E-state index in [1.54, 1.807) is 7.11 Å². The molecule has 1 unspecified atom stereocenters. The summed E-state index contributed by atoms with van der Waals surface area (Å²) in [6, 6.07) is 14.2. The first-order valence-electron chi connectivity index (χ1n) is 12.2. The van der Waals surface area contributed by atoms with Gasteiger partial charge in [0, 0.05) is 38.1 Å². The molecule has 2 aromatic rings. The summed E-state index contributed by atoms with van der Waals surface area (Å²) in [4.78, 5) is 7.25. The fourth-order valence-corrected chi connectivity index (χ4v) is 4.25. The highest BCUT2D eigenvalue weighted by molar-refractivity contribution is 5.47. The van der Waals surface area contributed by atoms with E-state index in [0.29, 0.717) is 0 Å². The summed E-state index contributed by atoms with van der Waals surface area (Å²) in [5, 5.41) is 16.9. The number of unbranched alkanes of at least 4 members (excludes halogenated alkanes) is 1. The van der Waals surface area contributed by atoms with Crippen LogP contribution in [0.25, 0.3) is 0 Å². The van der Waals surface area contributed by atoms with Crippen molar-refractivity contribution in [2.45, 2.75) is 57.6 Å². The number of aromatic nitrogens is 1. The number of nitrogens with one attached hydrogen (secondary N) is 2. The predicted molar refractivity (Wildman–Crippen MR) is 137 cm³/mol. The third-order valence-electron chi connectivity index (χ3n) is 6.28. The Hall–Kier alpha value is -2.57. The van der Waals surface area contributed by atoms with Crippen molar-refractivity contribution in [1.29, 1.82) is 0 Å². The molecule has 0 spiro atoms. The molecule has 6 heteroatoms. The van der Waals surface area contributed by atoms with Crippen LogP contribution in [0.2, 0.25) is 0 Å². The van der Waals surface area contributed by atoms with Crippen LogP contribution in [0.15, 0.2) is 54.8 Å². The number of methoxy groups -OCH3 is 1. The zero-order valence-corrected chi connectivity index (χ0v) is 20.2. The highest BCUT2D eigenvalue weighted by Crippen LogP contribution is 2.20. The van der Waals surface area contributed by atoms with Gasteiger partial charge in [0.2, 0.25) is 0 Å². The molecule has 2 heterocycles. The van der Waals surface area contributed by atoms with E-state index in [1.165, 1.54) is 17.7 Å². The Kier molecular flexibility index (Phi) is 10.0. The second kappa shape index (κ2) is 13.2. The fourth-order valence-electron chi connectivity index (χ4n) is 4.25. The molecule has 3 N–H and O–H groups in total. The molecule has 0 fully saturated rings. The average Bonchev–Trinajstić information content (AvgIpc) is 2.84. The quantitative estimate of drug-likeness (QED) is 0.276. The Morgan fingerprint density at radius 1 is 1.21 bits per heavy atom. The van der Waals surface area contributed by atoms with Crippen LogP contribution in [0.4, 0.5) is 11.5 Å². The van der Waals surface area contributed by atoms with Gasteiger partial charge in [0.25, 0.3) is 0 Å². The minimum Gasteiger partial charge on any atom is -0.511 e. The molecule has 0 saturated heterocycles. The third-order valence-corrected chi connectivity index (χ3v) is 6.28. The fraction of sp³-hybridized carbons (Fsp3) is 0.519. The van der Waals surface area contributed by atoms with Crippen molar-refractivity contribution in [3.8, 4) is 0 Å². The van der Waals surface area contributed by atoms with Crippen LogP contribution in [0.5, 0.6) is 0 Å². The lowest BCUT2D eigenvalue weighted by molar-refractivity contribution is 0.0753. The van der Waals surface area contributed by atoms with Gasteiger partial charge < -0.3 is 25.4 Å². The van der Waals surface area contributed by atoms with Crippen LogP contribution < -0.4 is 10.6 Å². The summed E-state index contributed by atoms with van der Waals surface area (Å²) < 4.78 is 5.52. The molecule has 6 nitrogen and oxygen atoms in total. The molecule has 0 aliphatic carbocycles. The summed E-state index contributed by atoms with van der Waals surface area (Å²) in [7, 11) is 1.76. The zero-order chi connectivity index (χ0) is 23.5. The van der Waals surface area contributed by atoms with E-state index in [-0.39, 0.29) is 17.9 Å². The van der Waals surface area contributed by atoms with Crippen LogP contribution in [0, 0.1) is 0 Å². The summed E-state index contributed by atoms with van der Waals surface area (Å²) in [5.74, 6) is 1.25. The summed E-state index contributed by atoms with van der Waals surface area (Å²) in [6.07, 6.45) is 6.45. The number of benzene rings is 1. The number of para-hydroxylation sites is 1. The molecule has 1 aliphatic heterocycles. The van der Waals surface area contributed by atoms with Crippen molar-refractivity contribution < 1.29 is 9.84 Å². The topological polar surface area (TPSA) is 69.7 Å². The highest BCUT2D eigenvalue weighted by Gasteiger charge is 2.16. The van der Waals surface area contributed by atoms with Crippen molar-refractivity contribution in [3.05, 3.63) is 66.1 Å². The molecular formula is C27H40N4O2. The maximum atomic E-state index is 10.1. The van der Waals surface area contributed by atoms with Gasteiger partial charge in [-0.1, -0.05) is 30.8 Å². The van der Waals surface area contributed by atoms with Gasteiger partial charge >= 0.3 is 0 Å². The van der Waals surface area contributed by atoms with E-state index >= 15 is 0 Å². The number of aryl methyl sites for hydroxylation is 2. The smallest absolute Gasteiger partial charge is 0.129 e. The first-order valence-corrected chi connectivity index (χ1v) is 12.2. The maximum absolute atomic E-state index is 10.1. The number of anilines is 2. The van der Waals surface area contributed by atoms with E-state index in [2.05, 4.69) is 41.2 Å². The number of rotatable bonds is 14. The van der Waals surface area contributed by atoms with E-state index in [1.807, 2.05) is 30.3 Å². The van der Waals surface area contributed by atoms with Crippen LogP contribution in [-0.2, 0) is 17.6 Å². The van der Waals surface area contributed by atoms with Gasteiger partial charge in [-0.25, -0.2) is 4.98 Å². The Balaban J connectivity index is 1.48. The SMILES string of the molecule is C=C(O)C(CCN(CCCCc1ccc2c(n1)NCCC2)C[C@@H](C)OC)Nc1ccccc1. The molecule has 1 aromatic heterocycles. The van der Waals surface area contributed by atoms with E-state index in [9.17, 15) is 5.11 Å². The molecule has 180 valence electrons. The van der Waals surface area contributed by atoms with Crippen LogP contribution in [0.1, 0.15) is 43.9 Å². The molecule has 3 rings (SSSR count). The molecular weight excluding hydrogens is 412 g/mol. The van der Waals surface area contributed by atoms with Crippen molar-refractivity contribution in [2.24, 2.45) is 0 Å². The van der Waals surface area contributed by atoms with Crippen molar-refractivity contribution in [1.82, 2.24) is 9.88 Å². The number of aliphatic hydroxyl groups excluding tert-OH is 1. The lowest BCUT2D eigenvalue weighted by Gasteiger charge is -2.27. The van der Waals surface area contributed by atoms with Crippen LogP contribution in [0.3, 0.4) is 0 Å². The highest BCUT2D eigenvalue weighted by atomic mass is 16.5. The number of pyridine rings is 1. The van der Waals surface area contributed by atoms with Crippen molar-refractivity contribution in [3.63, 3.8) is 0 Å². The molecule has 1 aliphatic rings. The Morgan fingerprint density at radius 3 is 2.79 bits per heavy atom. The number of fused-ring (bicyclic) bond motifs is 1. The Labute approximate surface area is 199 Å². The second-order valence-corrected chi connectivity index (χ2v) is 8.99. The third kappa shape index (κ3) is 8.37. The molecule has 0 radical (unpaired) electrons. The monoisotopic (exact) mass is 452 g/mol.